The number of carbonyl (C=O) groups is 1. The molecule has 1 aromatic rings. The van der Waals surface area contributed by atoms with Crippen molar-refractivity contribution in [2.45, 2.75) is 32.7 Å². The molecular weight excluding hydrogens is 200 g/mol. The standard InChI is InChI=1S/C13H20N2O/c1-10-6-3-4-7-12(10)11(2)15-13(16)8-5-9-14/h3-4,6-7,11H,5,8-9,14H2,1-2H3,(H,15,16)/t11-/m1/s1. The van der Waals surface area contributed by atoms with E-state index in [1.54, 1.807) is 0 Å². The molecule has 16 heavy (non-hydrogen) atoms. The quantitative estimate of drug-likeness (QED) is 0.796. The number of aryl methyl sites for hydroxylation is 1. The Balaban J connectivity index is 2.55. The molecule has 0 fully saturated rings. The first-order chi connectivity index (χ1) is 7.65. The zero-order valence-corrected chi connectivity index (χ0v) is 9.99. The normalized spacial score (nSPS) is 12.2. The van der Waals surface area contributed by atoms with Crippen LogP contribution in [-0.4, -0.2) is 12.5 Å². The number of benzene rings is 1. The van der Waals surface area contributed by atoms with Gasteiger partial charge in [0, 0.05) is 6.42 Å². The number of rotatable bonds is 5. The highest BCUT2D eigenvalue weighted by Gasteiger charge is 2.10. The lowest BCUT2D eigenvalue weighted by molar-refractivity contribution is -0.121. The van der Waals surface area contributed by atoms with Crippen molar-refractivity contribution in [1.82, 2.24) is 5.32 Å². The van der Waals surface area contributed by atoms with Gasteiger partial charge in [-0.1, -0.05) is 24.3 Å². The average molecular weight is 220 g/mol. The fourth-order valence-corrected chi connectivity index (χ4v) is 1.73. The van der Waals surface area contributed by atoms with Gasteiger partial charge in [0.15, 0.2) is 0 Å². The minimum absolute atomic E-state index is 0.0616. The van der Waals surface area contributed by atoms with Gasteiger partial charge in [-0.2, -0.15) is 0 Å². The van der Waals surface area contributed by atoms with Crippen molar-refractivity contribution in [1.29, 1.82) is 0 Å². The van der Waals surface area contributed by atoms with Crippen LogP contribution in [0.15, 0.2) is 24.3 Å². The van der Waals surface area contributed by atoms with Crippen molar-refractivity contribution in [3.63, 3.8) is 0 Å². The van der Waals surface area contributed by atoms with Crippen LogP contribution >= 0.6 is 0 Å². The van der Waals surface area contributed by atoms with E-state index >= 15 is 0 Å². The van der Waals surface area contributed by atoms with Crippen LogP contribution in [0.2, 0.25) is 0 Å². The summed E-state index contributed by atoms with van der Waals surface area (Å²) in [4.78, 5) is 11.5. The maximum absolute atomic E-state index is 11.5. The lowest BCUT2D eigenvalue weighted by Gasteiger charge is -2.16. The van der Waals surface area contributed by atoms with E-state index in [1.807, 2.05) is 25.1 Å². The van der Waals surface area contributed by atoms with Crippen LogP contribution in [0.4, 0.5) is 0 Å². The van der Waals surface area contributed by atoms with Crippen LogP contribution < -0.4 is 11.1 Å². The van der Waals surface area contributed by atoms with Crippen LogP contribution in [0.25, 0.3) is 0 Å². The van der Waals surface area contributed by atoms with Crippen molar-refractivity contribution in [2.75, 3.05) is 6.54 Å². The Morgan fingerprint density at radius 1 is 1.44 bits per heavy atom. The van der Waals surface area contributed by atoms with E-state index in [-0.39, 0.29) is 11.9 Å². The minimum atomic E-state index is 0.0616. The summed E-state index contributed by atoms with van der Waals surface area (Å²) in [6.07, 6.45) is 1.25. The minimum Gasteiger partial charge on any atom is -0.350 e. The summed E-state index contributed by atoms with van der Waals surface area (Å²) in [6.45, 7) is 4.62. The molecule has 0 bridgehead atoms. The van der Waals surface area contributed by atoms with E-state index in [1.165, 1.54) is 11.1 Å². The van der Waals surface area contributed by atoms with Crippen molar-refractivity contribution in [3.8, 4) is 0 Å². The van der Waals surface area contributed by atoms with Gasteiger partial charge in [-0.15, -0.1) is 0 Å². The largest absolute Gasteiger partial charge is 0.350 e. The van der Waals surface area contributed by atoms with E-state index in [4.69, 9.17) is 5.73 Å². The summed E-state index contributed by atoms with van der Waals surface area (Å²) in [5, 5.41) is 2.98. The monoisotopic (exact) mass is 220 g/mol. The molecule has 0 radical (unpaired) electrons. The highest BCUT2D eigenvalue weighted by Crippen LogP contribution is 2.16. The molecule has 1 atom stereocenters. The van der Waals surface area contributed by atoms with Gasteiger partial charge in [-0.25, -0.2) is 0 Å². The number of amides is 1. The first-order valence-electron chi connectivity index (χ1n) is 5.70. The van der Waals surface area contributed by atoms with Gasteiger partial charge in [0.25, 0.3) is 0 Å². The molecule has 1 rings (SSSR count). The van der Waals surface area contributed by atoms with Gasteiger partial charge in [-0.3, -0.25) is 4.79 Å². The van der Waals surface area contributed by atoms with Gasteiger partial charge in [0.1, 0.15) is 0 Å². The zero-order valence-electron chi connectivity index (χ0n) is 9.99. The molecule has 0 unspecified atom stereocenters. The van der Waals surface area contributed by atoms with Gasteiger partial charge in [0.2, 0.25) is 5.91 Å². The average Bonchev–Trinajstić information content (AvgIpc) is 2.26. The third-order valence-electron chi connectivity index (χ3n) is 2.64. The molecule has 3 N–H and O–H groups in total. The maximum Gasteiger partial charge on any atom is 0.220 e. The Morgan fingerprint density at radius 3 is 2.75 bits per heavy atom. The van der Waals surface area contributed by atoms with Crippen molar-refractivity contribution in [2.24, 2.45) is 5.73 Å². The Hall–Kier alpha value is -1.35. The fraction of sp³-hybridized carbons (Fsp3) is 0.462. The van der Waals surface area contributed by atoms with E-state index < -0.39 is 0 Å². The number of hydrogen-bond donors (Lipinski definition) is 2. The van der Waals surface area contributed by atoms with Crippen LogP contribution in [0.1, 0.15) is 36.9 Å². The summed E-state index contributed by atoms with van der Waals surface area (Å²) in [7, 11) is 0. The SMILES string of the molecule is Cc1ccccc1[C@@H](C)NC(=O)CCCN. The zero-order chi connectivity index (χ0) is 12.0. The molecule has 1 amide bonds. The van der Waals surface area contributed by atoms with Crippen molar-refractivity contribution in [3.05, 3.63) is 35.4 Å². The van der Waals surface area contributed by atoms with Crippen LogP contribution in [-0.2, 0) is 4.79 Å². The second-order valence-electron chi connectivity index (χ2n) is 4.04. The summed E-state index contributed by atoms with van der Waals surface area (Å²) in [5.41, 5.74) is 7.74. The second kappa shape index (κ2) is 6.28. The number of hydrogen-bond acceptors (Lipinski definition) is 2. The highest BCUT2D eigenvalue weighted by atomic mass is 16.1. The molecule has 88 valence electrons. The van der Waals surface area contributed by atoms with E-state index in [0.717, 1.165) is 6.42 Å². The van der Waals surface area contributed by atoms with Crippen molar-refractivity contribution >= 4 is 5.91 Å². The van der Waals surface area contributed by atoms with Gasteiger partial charge in [-0.05, 0) is 37.9 Å². The molecule has 0 aliphatic carbocycles. The predicted octanol–water partition coefficient (Wildman–Crippen LogP) is 1.91. The molecule has 3 heteroatoms. The van der Waals surface area contributed by atoms with Crippen LogP contribution in [0.3, 0.4) is 0 Å². The number of nitrogens with one attached hydrogen (secondary N) is 1. The second-order valence-corrected chi connectivity index (χ2v) is 4.04. The molecule has 0 aliphatic heterocycles. The molecule has 0 aliphatic rings. The van der Waals surface area contributed by atoms with E-state index in [9.17, 15) is 4.79 Å². The fourth-order valence-electron chi connectivity index (χ4n) is 1.73. The molecule has 0 saturated carbocycles. The number of nitrogens with two attached hydrogens (primary N) is 1. The number of carbonyl (C=O) groups excluding carboxylic acids is 1. The summed E-state index contributed by atoms with van der Waals surface area (Å²) in [5.74, 6) is 0.0706. The molecule has 0 aromatic heterocycles. The lowest BCUT2D eigenvalue weighted by Crippen LogP contribution is -2.27. The molecule has 0 saturated heterocycles. The Kier molecular flexibility index (Phi) is 4.99. The van der Waals surface area contributed by atoms with E-state index in [2.05, 4.69) is 18.3 Å². The highest BCUT2D eigenvalue weighted by molar-refractivity contribution is 5.76. The third-order valence-corrected chi connectivity index (χ3v) is 2.64. The predicted molar refractivity (Wildman–Crippen MR) is 66.0 cm³/mol. The Morgan fingerprint density at radius 2 is 2.12 bits per heavy atom. The van der Waals surface area contributed by atoms with E-state index in [0.29, 0.717) is 13.0 Å². The maximum atomic E-state index is 11.5. The molecule has 1 aromatic carbocycles. The first-order valence-corrected chi connectivity index (χ1v) is 5.70. The molecule has 0 spiro atoms. The van der Waals surface area contributed by atoms with Gasteiger partial charge in [0.05, 0.1) is 6.04 Å². The Bertz CT molecular complexity index is 350. The summed E-state index contributed by atoms with van der Waals surface area (Å²) < 4.78 is 0. The molecular formula is C13H20N2O. The van der Waals surface area contributed by atoms with Crippen LogP contribution in [0.5, 0.6) is 0 Å². The molecule has 3 nitrogen and oxygen atoms in total. The summed E-state index contributed by atoms with van der Waals surface area (Å²) in [6, 6.07) is 8.15. The summed E-state index contributed by atoms with van der Waals surface area (Å²) >= 11 is 0. The van der Waals surface area contributed by atoms with Gasteiger partial charge < -0.3 is 11.1 Å². The first kappa shape index (κ1) is 12.7. The van der Waals surface area contributed by atoms with Crippen molar-refractivity contribution < 1.29 is 4.79 Å². The smallest absolute Gasteiger partial charge is 0.220 e. The lowest BCUT2D eigenvalue weighted by atomic mass is 10.0. The third kappa shape index (κ3) is 3.66. The topological polar surface area (TPSA) is 55.1 Å². The molecule has 0 heterocycles. The van der Waals surface area contributed by atoms with Gasteiger partial charge >= 0.3 is 0 Å². The van der Waals surface area contributed by atoms with Crippen LogP contribution in [0, 0.1) is 6.92 Å². The Labute approximate surface area is 97.0 Å².